The Morgan fingerprint density at radius 3 is 2.37 bits per heavy atom. The SMILES string of the molecule is NC(=O)C1C(=O)CC2CC3Cc4ccc(F)c(O)c4C(=O)C3C(=O)C2C1=O. The van der Waals surface area contributed by atoms with Crippen molar-refractivity contribution < 1.29 is 33.5 Å². The van der Waals surface area contributed by atoms with Gasteiger partial charge in [0.1, 0.15) is 0 Å². The summed E-state index contributed by atoms with van der Waals surface area (Å²) in [6.07, 6.45) is 0.429. The van der Waals surface area contributed by atoms with Gasteiger partial charge in [0.05, 0.1) is 17.4 Å². The Bertz CT molecular complexity index is 938. The minimum absolute atomic E-state index is 0.116. The predicted octanol–water partition coefficient (Wildman–Crippen LogP) is 0.351. The molecule has 2 fully saturated rings. The number of carbonyl (C=O) groups is 5. The maximum Gasteiger partial charge on any atom is 0.235 e. The highest BCUT2D eigenvalue weighted by molar-refractivity contribution is 6.27. The highest BCUT2D eigenvalue weighted by Crippen LogP contribution is 2.48. The Kier molecular flexibility index (Phi) is 3.76. The van der Waals surface area contributed by atoms with Crippen LogP contribution in [0.15, 0.2) is 12.1 Å². The molecule has 4 rings (SSSR count). The van der Waals surface area contributed by atoms with Gasteiger partial charge in [0, 0.05) is 6.42 Å². The number of fused-ring (bicyclic) bond motifs is 3. The number of rotatable bonds is 1. The van der Waals surface area contributed by atoms with E-state index in [-0.39, 0.29) is 24.8 Å². The van der Waals surface area contributed by atoms with E-state index in [0.29, 0.717) is 5.56 Å². The molecule has 5 atom stereocenters. The Labute approximate surface area is 152 Å². The Hall–Kier alpha value is -2.90. The number of amides is 1. The molecular formula is C19H16FNO6. The summed E-state index contributed by atoms with van der Waals surface area (Å²) in [5.41, 5.74) is 5.35. The smallest absolute Gasteiger partial charge is 0.235 e. The quantitative estimate of drug-likeness (QED) is 0.683. The number of phenols is 1. The average molecular weight is 373 g/mol. The van der Waals surface area contributed by atoms with E-state index in [4.69, 9.17) is 5.73 Å². The monoisotopic (exact) mass is 373 g/mol. The van der Waals surface area contributed by atoms with Crippen LogP contribution >= 0.6 is 0 Å². The highest BCUT2D eigenvalue weighted by Gasteiger charge is 2.57. The summed E-state index contributed by atoms with van der Waals surface area (Å²) < 4.78 is 13.7. The number of aromatic hydroxyl groups is 1. The zero-order chi connectivity index (χ0) is 19.6. The Balaban J connectivity index is 1.76. The van der Waals surface area contributed by atoms with Gasteiger partial charge in [-0.3, -0.25) is 24.0 Å². The normalized spacial score (nSPS) is 32.6. The molecule has 0 bridgehead atoms. The molecule has 1 amide bonds. The fraction of sp³-hybridized carbons (Fsp3) is 0.421. The molecule has 3 N–H and O–H groups in total. The van der Waals surface area contributed by atoms with Crippen LogP contribution in [0.1, 0.15) is 28.8 Å². The number of phenolic OH excluding ortho intramolecular Hbond substituents is 1. The molecular weight excluding hydrogens is 357 g/mol. The molecule has 8 heteroatoms. The Morgan fingerprint density at radius 1 is 1.04 bits per heavy atom. The predicted molar refractivity (Wildman–Crippen MR) is 87.0 cm³/mol. The van der Waals surface area contributed by atoms with Gasteiger partial charge in [0.25, 0.3) is 0 Å². The summed E-state index contributed by atoms with van der Waals surface area (Å²) in [7, 11) is 0. The summed E-state index contributed by atoms with van der Waals surface area (Å²) in [5.74, 6) is -10.8. The minimum atomic E-state index is -1.66. The van der Waals surface area contributed by atoms with Crippen LogP contribution in [0.5, 0.6) is 5.75 Å². The van der Waals surface area contributed by atoms with Crippen molar-refractivity contribution >= 4 is 29.0 Å². The molecule has 3 aliphatic carbocycles. The lowest BCUT2D eigenvalue weighted by Gasteiger charge is -2.44. The first-order valence-corrected chi connectivity index (χ1v) is 8.66. The molecule has 7 nitrogen and oxygen atoms in total. The van der Waals surface area contributed by atoms with Crippen molar-refractivity contribution in [3.05, 3.63) is 29.1 Å². The van der Waals surface area contributed by atoms with Gasteiger partial charge in [0.2, 0.25) is 5.91 Å². The van der Waals surface area contributed by atoms with Gasteiger partial charge in [-0.1, -0.05) is 6.07 Å². The third-order valence-electron chi connectivity index (χ3n) is 6.05. The van der Waals surface area contributed by atoms with E-state index in [1.54, 1.807) is 0 Å². The number of benzene rings is 1. The van der Waals surface area contributed by atoms with Gasteiger partial charge in [-0.15, -0.1) is 0 Å². The molecule has 0 heterocycles. The topological polar surface area (TPSA) is 132 Å². The van der Waals surface area contributed by atoms with Crippen LogP contribution in [0.25, 0.3) is 0 Å². The molecule has 27 heavy (non-hydrogen) atoms. The molecule has 5 unspecified atom stereocenters. The van der Waals surface area contributed by atoms with Crippen LogP contribution in [-0.2, 0) is 25.6 Å². The second-order valence-electron chi connectivity index (χ2n) is 7.52. The number of nitrogens with two attached hydrogens (primary N) is 1. The first-order chi connectivity index (χ1) is 12.7. The number of hydrogen-bond donors (Lipinski definition) is 2. The highest BCUT2D eigenvalue weighted by atomic mass is 19.1. The van der Waals surface area contributed by atoms with Crippen LogP contribution in [-0.4, -0.2) is 34.1 Å². The van der Waals surface area contributed by atoms with Crippen molar-refractivity contribution in [2.45, 2.75) is 19.3 Å². The van der Waals surface area contributed by atoms with Crippen LogP contribution in [0.3, 0.4) is 0 Å². The van der Waals surface area contributed by atoms with Crippen molar-refractivity contribution in [1.82, 2.24) is 0 Å². The van der Waals surface area contributed by atoms with Gasteiger partial charge in [0.15, 0.2) is 40.6 Å². The lowest BCUT2D eigenvalue weighted by Crippen LogP contribution is -2.56. The van der Waals surface area contributed by atoms with Crippen molar-refractivity contribution in [2.24, 2.45) is 35.3 Å². The molecule has 0 radical (unpaired) electrons. The number of halogens is 1. The molecule has 1 aromatic carbocycles. The summed E-state index contributed by atoms with van der Waals surface area (Å²) in [5, 5.41) is 9.94. The fourth-order valence-electron chi connectivity index (χ4n) is 4.94. The summed E-state index contributed by atoms with van der Waals surface area (Å²) in [6.45, 7) is 0. The summed E-state index contributed by atoms with van der Waals surface area (Å²) >= 11 is 0. The maximum absolute atomic E-state index is 13.7. The minimum Gasteiger partial charge on any atom is -0.504 e. The molecule has 3 aliphatic rings. The summed E-state index contributed by atoms with van der Waals surface area (Å²) in [4.78, 5) is 62.1. The molecule has 0 spiro atoms. The summed E-state index contributed by atoms with van der Waals surface area (Å²) in [6, 6.07) is 2.45. The fourth-order valence-corrected chi connectivity index (χ4v) is 4.94. The van der Waals surface area contributed by atoms with Gasteiger partial charge in [-0.2, -0.15) is 0 Å². The van der Waals surface area contributed by atoms with Crippen molar-refractivity contribution in [1.29, 1.82) is 0 Å². The Morgan fingerprint density at radius 2 is 1.70 bits per heavy atom. The van der Waals surface area contributed by atoms with E-state index in [0.717, 1.165) is 6.07 Å². The van der Waals surface area contributed by atoms with E-state index in [1.807, 2.05) is 0 Å². The number of primary amides is 1. The largest absolute Gasteiger partial charge is 0.504 e. The van der Waals surface area contributed by atoms with E-state index >= 15 is 0 Å². The van der Waals surface area contributed by atoms with Crippen LogP contribution < -0.4 is 5.73 Å². The second-order valence-corrected chi connectivity index (χ2v) is 7.52. The lowest BCUT2D eigenvalue weighted by atomic mass is 9.56. The van der Waals surface area contributed by atoms with E-state index < -0.39 is 70.2 Å². The number of Topliss-reactive ketones (excluding diaryl/α,β-unsaturated/α-hetero) is 4. The van der Waals surface area contributed by atoms with Crippen molar-refractivity contribution in [3.8, 4) is 5.75 Å². The molecule has 0 aromatic heterocycles. The molecule has 0 saturated heterocycles. The second kappa shape index (κ2) is 5.80. The molecule has 0 aliphatic heterocycles. The third-order valence-corrected chi connectivity index (χ3v) is 6.05. The van der Waals surface area contributed by atoms with Gasteiger partial charge < -0.3 is 10.8 Å². The van der Waals surface area contributed by atoms with Crippen LogP contribution in [0.2, 0.25) is 0 Å². The van der Waals surface area contributed by atoms with E-state index in [9.17, 15) is 33.5 Å². The standard InChI is InChI=1S/C19H16FNO6/c20-9-2-1-6-3-7-4-8-5-10(22)14(19(21)27)18(26)13(8)17(25)12(7)16(24)11(6)15(9)23/h1-2,7-8,12-14,23H,3-5H2,(H2,21,27). The number of hydrogen-bond acceptors (Lipinski definition) is 6. The zero-order valence-corrected chi connectivity index (χ0v) is 14.1. The van der Waals surface area contributed by atoms with Crippen LogP contribution in [0.4, 0.5) is 4.39 Å². The first kappa shape index (κ1) is 17.5. The lowest BCUT2D eigenvalue weighted by molar-refractivity contribution is -0.152. The van der Waals surface area contributed by atoms with Gasteiger partial charge in [-0.05, 0) is 36.3 Å². The molecule has 1 aromatic rings. The van der Waals surface area contributed by atoms with E-state index in [1.165, 1.54) is 6.07 Å². The first-order valence-electron chi connectivity index (χ1n) is 8.66. The molecule has 140 valence electrons. The van der Waals surface area contributed by atoms with Gasteiger partial charge in [-0.25, -0.2) is 4.39 Å². The zero-order valence-electron chi connectivity index (χ0n) is 14.1. The van der Waals surface area contributed by atoms with E-state index in [2.05, 4.69) is 0 Å². The number of ketones is 4. The maximum atomic E-state index is 13.7. The number of carbonyl (C=O) groups excluding carboxylic acids is 5. The molecule has 2 saturated carbocycles. The van der Waals surface area contributed by atoms with Gasteiger partial charge >= 0.3 is 0 Å². The van der Waals surface area contributed by atoms with Crippen molar-refractivity contribution in [2.75, 3.05) is 0 Å². The van der Waals surface area contributed by atoms with Crippen molar-refractivity contribution in [3.63, 3.8) is 0 Å². The third kappa shape index (κ3) is 2.35. The average Bonchev–Trinajstić information content (AvgIpc) is 2.57. The van der Waals surface area contributed by atoms with Crippen LogP contribution in [0, 0.1) is 35.4 Å².